The smallest absolute Gasteiger partial charge is 0.269 e. The van der Waals surface area contributed by atoms with E-state index < -0.39 is 34.4 Å². The monoisotopic (exact) mass is 503 g/mol. The fourth-order valence-electron chi connectivity index (χ4n) is 4.36. The predicted molar refractivity (Wildman–Crippen MR) is 127 cm³/mol. The van der Waals surface area contributed by atoms with Gasteiger partial charge >= 0.3 is 0 Å². The Morgan fingerprint density at radius 3 is 2.41 bits per heavy atom. The fraction of sp³-hybridized carbons (Fsp3) is 0.375. The van der Waals surface area contributed by atoms with Crippen molar-refractivity contribution in [1.82, 2.24) is 14.5 Å². The summed E-state index contributed by atoms with van der Waals surface area (Å²) in [6.07, 6.45) is 3.87. The van der Waals surface area contributed by atoms with Gasteiger partial charge in [-0.1, -0.05) is 48.7 Å². The maximum Gasteiger partial charge on any atom is 0.269 e. The molecule has 1 heterocycles. The average Bonchev–Trinajstić information content (AvgIpc) is 3.39. The molecule has 0 unspecified atom stereocenters. The molecule has 1 aliphatic heterocycles. The van der Waals surface area contributed by atoms with Crippen molar-refractivity contribution >= 4 is 39.3 Å². The Balaban J connectivity index is 1.57. The summed E-state index contributed by atoms with van der Waals surface area (Å²) in [6.45, 7) is 0.974. The van der Waals surface area contributed by atoms with Gasteiger partial charge in [-0.15, -0.1) is 0 Å². The lowest BCUT2D eigenvalue weighted by atomic mass is 10.1. The Hall–Kier alpha value is -2.91. The SMILES string of the molecule is C[C@H](C(=O)NC1CCCC1)N(Cc1ccc(Cl)cc1)C(=O)CN1C(=O)c2ccccc2S1(=O)=O. The molecule has 10 heteroatoms. The second-order valence-electron chi connectivity index (χ2n) is 8.63. The summed E-state index contributed by atoms with van der Waals surface area (Å²) in [6, 6.07) is 11.9. The van der Waals surface area contributed by atoms with E-state index in [0.29, 0.717) is 9.33 Å². The molecule has 1 saturated carbocycles. The van der Waals surface area contributed by atoms with E-state index in [-0.39, 0.29) is 29.0 Å². The Labute approximate surface area is 203 Å². The van der Waals surface area contributed by atoms with Crippen molar-refractivity contribution < 1.29 is 22.8 Å². The molecule has 3 amide bonds. The molecule has 2 aliphatic rings. The van der Waals surface area contributed by atoms with Crippen LogP contribution < -0.4 is 5.32 Å². The Bertz CT molecular complexity index is 1210. The summed E-state index contributed by atoms with van der Waals surface area (Å²) in [4.78, 5) is 40.3. The largest absolute Gasteiger partial charge is 0.352 e. The number of carbonyl (C=O) groups excluding carboxylic acids is 3. The third-order valence-corrected chi connectivity index (χ3v) is 8.36. The van der Waals surface area contributed by atoms with Crippen LogP contribution in [0.4, 0.5) is 0 Å². The Morgan fingerprint density at radius 1 is 1.12 bits per heavy atom. The third kappa shape index (κ3) is 4.81. The van der Waals surface area contributed by atoms with Crippen molar-refractivity contribution in [1.29, 1.82) is 0 Å². The molecule has 2 aromatic rings. The predicted octanol–water partition coefficient (Wildman–Crippen LogP) is 2.96. The number of hydrogen-bond donors (Lipinski definition) is 1. The average molecular weight is 504 g/mol. The molecule has 4 rings (SSSR count). The number of hydrogen-bond acceptors (Lipinski definition) is 5. The van der Waals surface area contributed by atoms with Gasteiger partial charge in [0.05, 0.1) is 5.56 Å². The van der Waals surface area contributed by atoms with Crippen LogP contribution in [-0.2, 0) is 26.2 Å². The number of nitrogens with zero attached hydrogens (tertiary/aromatic N) is 2. The number of sulfonamides is 1. The molecule has 1 N–H and O–H groups in total. The van der Waals surface area contributed by atoms with Gasteiger partial charge in [0.1, 0.15) is 17.5 Å². The highest BCUT2D eigenvalue weighted by molar-refractivity contribution is 7.90. The fourth-order valence-corrected chi connectivity index (χ4v) is 6.01. The molecule has 1 atom stereocenters. The van der Waals surface area contributed by atoms with Gasteiger partial charge in [0.25, 0.3) is 15.9 Å². The first kappa shape index (κ1) is 24.2. The van der Waals surface area contributed by atoms with Crippen molar-refractivity contribution in [2.75, 3.05) is 6.54 Å². The molecular weight excluding hydrogens is 478 g/mol. The molecule has 0 aromatic heterocycles. The minimum Gasteiger partial charge on any atom is -0.352 e. The van der Waals surface area contributed by atoms with Crippen molar-refractivity contribution in [3.63, 3.8) is 0 Å². The van der Waals surface area contributed by atoms with E-state index in [1.165, 1.54) is 23.1 Å². The molecule has 0 saturated heterocycles. The minimum atomic E-state index is -4.15. The zero-order chi connectivity index (χ0) is 24.5. The lowest BCUT2D eigenvalue weighted by molar-refractivity contribution is -0.140. The van der Waals surface area contributed by atoms with E-state index >= 15 is 0 Å². The lowest BCUT2D eigenvalue weighted by Gasteiger charge is -2.31. The van der Waals surface area contributed by atoms with Gasteiger partial charge in [-0.2, -0.15) is 0 Å². The van der Waals surface area contributed by atoms with Gasteiger partial charge in [-0.25, -0.2) is 12.7 Å². The van der Waals surface area contributed by atoms with Gasteiger partial charge in [0.2, 0.25) is 11.8 Å². The van der Waals surface area contributed by atoms with Crippen LogP contribution >= 0.6 is 11.6 Å². The van der Waals surface area contributed by atoms with Gasteiger partial charge in [0.15, 0.2) is 0 Å². The van der Waals surface area contributed by atoms with Crippen LogP contribution in [0.5, 0.6) is 0 Å². The van der Waals surface area contributed by atoms with Crippen molar-refractivity contribution in [3.05, 3.63) is 64.7 Å². The van der Waals surface area contributed by atoms with Crippen LogP contribution in [-0.4, -0.2) is 54.0 Å². The highest BCUT2D eigenvalue weighted by atomic mass is 35.5. The van der Waals surface area contributed by atoms with E-state index in [4.69, 9.17) is 11.6 Å². The van der Waals surface area contributed by atoms with Gasteiger partial charge < -0.3 is 10.2 Å². The van der Waals surface area contributed by atoms with Crippen molar-refractivity contribution in [2.24, 2.45) is 0 Å². The summed E-state index contributed by atoms with van der Waals surface area (Å²) >= 11 is 5.97. The molecule has 0 bridgehead atoms. The number of carbonyl (C=O) groups is 3. The molecule has 8 nitrogen and oxygen atoms in total. The third-order valence-electron chi connectivity index (χ3n) is 6.33. The number of rotatable bonds is 7. The van der Waals surface area contributed by atoms with Crippen LogP contribution in [0.2, 0.25) is 5.02 Å². The number of benzene rings is 2. The van der Waals surface area contributed by atoms with Crippen molar-refractivity contribution in [2.45, 2.75) is 56.1 Å². The van der Waals surface area contributed by atoms with Crippen molar-refractivity contribution in [3.8, 4) is 0 Å². The topological polar surface area (TPSA) is 104 Å². The summed E-state index contributed by atoms with van der Waals surface area (Å²) in [5.41, 5.74) is 0.753. The molecular formula is C24H26ClN3O5S. The van der Waals surface area contributed by atoms with E-state index in [1.807, 2.05) is 0 Å². The summed E-state index contributed by atoms with van der Waals surface area (Å²) < 4.78 is 26.4. The molecule has 0 spiro atoms. The van der Waals surface area contributed by atoms with Crippen LogP contribution in [0.25, 0.3) is 0 Å². The highest BCUT2D eigenvalue weighted by Crippen LogP contribution is 2.30. The number of fused-ring (bicyclic) bond motifs is 1. The molecule has 180 valence electrons. The summed E-state index contributed by atoms with van der Waals surface area (Å²) in [7, 11) is -4.15. The standard InChI is InChI=1S/C24H26ClN3O5S/c1-16(23(30)26-19-6-2-3-7-19)27(14-17-10-12-18(25)13-11-17)22(29)15-28-24(31)20-8-4-5-9-21(20)34(28,32)33/h4-5,8-13,16,19H,2-3,6-7,14-15H2,1H3,(H,26,30)/t16-/m1/s1. The molecule has 1 fully saturated rings. The first-order valence-electron chi connectivity index (χ1n) is 11.2. The zero-order valence-electron chi connectivity index (χ0n) is 18.7. The number of nitrogens with one attached hydrogen (secondary N) is 1. The van der Waals surface area contributed by atoms with Crippen LogP contribution in [0.15, 0.2) is 53.4 Å². The molecule has 1 aliphatic carbocycles. The first-order valence-corrected chi connectivity index (χ1v) is 13.0. The van der Waals surface area contributed by atoms with E-state index in [0.717, 1.165) is 31.2 Å². The number of amides is 3. The second kappa shape index (κ2) is 9.76. The first-order chi connectivity index (χ1) is 16.2. The number of halogens is 1. The maximum absolute atomic E-state index is 13.4. The second-order valence-corrected chi connectivity index (χ2v) is 10.9. The van der Waals surface area contributed by atoms with E-state index in [2.05, 4.69) is 5.32 Å². The van der Waals surface area contributed by atoms with Crippen LogP contribution in [0.3, 0.4) is 0 Å². The van der Waals surface area contributed by atoms with E-state index in [1.54, 1.807) is 37.3 Å². The van der Waals surface area contributed by atoms with Gasteiger partial charge in [0, 0.05) is 17.6 Å². The van der Waals surface area contributed by atoms with Crippen LogP contribution in [0, 0.1) is 0 Å². The Kier molecular flexibility index (Phi) is 6.95. The van der Waals surface area contributed by atoms with Gasteiger partial charge in [-0.3, -0.25) is 14.4 Å². The highest BCUT2D eigenvalue weighted by Gasteiger charge is 2.43. The van der Waals surface area contributed by atoms with Crippen LogP contribution in [0.1, 0.15) is 48.5 Å². The molecule has 0 radical (unpaired) electrons. The molecule has 2 aromatic carbocycles. The minimum absolute atomic E-state index is 0.0339. The maximum atomic E-state index is 13.4. The normalized spacial score (nSPS) is 17.9. The summed E-state index contributed by atoms with van der Waals surface area (Å²) in [5, 5.41) is 3.52. The van der Waals surface area contributed by atoms with E-state index in [9.17, 15) is 22.8 Å². The Morgan fingerprint density at radius 2 is 1.76 bits per heavy atom. The van der Waals surface area contributed by atoms with Gasteiger partial charge in [-0.05, 0) is 49.6 Å². The quantitative estimate of drug-likeness (QED) is 0.625. The molecule has 34 heavy (non-hydrogen) atoms. The lowest BCUT2D eigenvalue weighted by Crippen LogP contribution is -2.52. The summed E-state index contributed by atoms with van der Waals surface area (Å²) in [5.74, 6) is -1.71. The zero-order valence-corrected chi connectivity index (χ0v) is 20.3.